The summed E-state index contributed by atoms with van der Waals surface area (Å²) in [6, 6.07) is 6.83. The molecule has 2 aromatic heterocycles. The third kappa shape index (κ3) is 3.45. The number of anilines is 2. The van der Waals surface area contributed by atoms with Gasteiger partial charge in [0.15, 0.2) is 0 Å². The van der Waals surface area contributed by atoms with Crippen molar-refractivity contribution in [1.82, 2.24) is 29.9 Å². The predicted molar refractivity (Wildman–Crippen MR) is 115 cm³/mol. The summed E-state index contributed by atoms with van der Waals surface area (Å²) >= 11 is 0. The van der Waals surface area contributed by atoms with E-state index in [0.717, 1.165) is 24.6 Å². The van der Waals surface area contributed by atoms with Crippen molar-refractivity contribution in [2.75, 3.05) is 29.9 Å². The molecule has 1 saturated carbocycles. The van der Waals surface area contributed by atoms with Gasteiger partial charge >= 0.3 is 0 Å². The summed E-state index contributed by atoms with van der Waals surface area (Å²) in [7, 11) is 0. The molecule has 2 saturated heterocycles. The van der Waals surface area contributed by atoms with E-state index >= 15 is 0 Å². The highest BCUT2D eigenvalue weighted by atomic mass is 19.1. The Morgan fingerprint density at radius 2 is 1.91 bits per heavy atom. The zero-order valence-corrected chi connectivity index (χ0v) is 17.4. The smallest absolute Gasteiger partial charge is 0.256 e. The minimum absolute atomic E-state index is 0.191. The number of hydrogen-bond donors (Lipinski definition) is 1. The zero-order chi connectivity index (χ0) is 21.7. The Labute approximate surface area is 184 Å². The van der Waals surface area contributed by atoms with Crippen molar-refractivity contribution >= 4 is 17.5 Å². The van der Waals surface area contributed by atoms with Gasteiger partial charge in [0.25, 0.3) is 5.91 Å². The third-order valence-corrected chi connectivity index (χ3v) is 6.54. The number of aromatic nitrogens is 5. The van der Waals surface area contributed by atoms with E-state index in [0.29, 0.717) is 30.7 Å². The SMILES string of the molecule is O=C(c1cc(F)ccc1-n1nccn1)N1CC[C@H]2CN(c3cc(NC4CC4)ncn3)[C@H]2C1. The minimum Gasteiger partial charge on any atom is -0.367 e. The predicted octanol–water partition coefficient (Wildman–Crippen LogP) is 2.12. The Kier molecular flexibility index (Phi) is 4.51. The molecule has 6 rings (SSSR count). The van der Waals surface area contributed by atoms with Crippen LogP contribution in [0.3, 0.4) is 0 Å². The molecule has 3 aliphatic rings. The number of rotatable bonds is 5. The summed E-state index contributed by atoms with van der Waals surface area (Å²) in [5.41, 5.74) is 0.740. The van der Waals surface area contributed by atoms with Gasteiger partial charge in [-0.25, -0.2) is 14.4 Å². The summed E-state index contributed by atoms with van der Waals surface area (Å²) in [6.07, 6.45) is 7.93. The Morgan fingerprint density at radius 3 is 2.72 bits per heavy atom. The number of piperidine rings is 1. The molecule has 0 radical (unpaired) electrons. The van der Waals surface area contributed by atoms with Crippen LogP contribution in [0.5, 0.6) is 0 Å². The fourth-order valence-electron chi connectivity index (χ4n) is 4.63. The van der Waals surface area contributed by atoms with E-state index in [1.165, 1.54) is 42.2 Å². The zero-order valence-electron chi connectivity index (χ0n) is 17.4. The van der Waals surface area contributed by atoms with Crippen molar-refractivity contribution in [3.8, 4) is 5.69 Å². The molecule has 9 nitrogen and oxygen atoms in total. The van der Waals surface area contributed by atoms with Crippen molar-refractivity contribution in [3.05, 3.63) is 54.4 Å². The number of carbonyl (C=O) groups excluding carboxylic acids is 1. The van der Waals surface area contributed by atoms with Gasteiger partial charge in [0.05, 0.1) is 29.7 Å². The van der Waals surface area contributed by atoms with Gasteiger partial charge in [0.2, 0.25) is 0 Å². The first kappa shape index (κ1) is 19.1. The van der Waals surface area contributed by atoms with Crippen LogP contribution in [0, 0.1) is 11.7 Å². The quantitative estimate of drug-likeness (QED) is 0.658. The van der Waals surface area contributed by atoms with E-state index in [1.54, 1.807) is 17.3 Å². The molecular formula is C22H23FN8O. The molecular weight excluding hydrogens is 411 g/mol. The number of fused-ring (bicyclic) bond motifs is 1. The first-order chi connectivity index (χ1) is 15.7. The van der Waals surface area contributed by atoms with Gasteiger partial charge in [0.1, 0.15) is 23.8 Å². The van der Waals surface area contributed by atoms with Crippen LogP contribution >= 0.6 is 0 Å². The highest BCUT2D eigenvalue weighted by molar-refractivity contribution is 5.98. The van der Waals surface area contributed by atoms with E-state index in [2.05, 4.69) is 30.4 Å². The summed E-state index contributed by atoms with van der Waals surface area (Å²) in [5, 5.41) is 11.6. The maximum Gasteiger partial charge on any atom is 0.256 e. The molecule has 1 amide bonds. The number of benzene rings is 1. The van der Waals surface area contributed by atoms with Crippen LogP contribution in [0.25, 0.3) is 5.69 Å². The molecule has 164 valence electrons. The van der Waals surface area contributed by atoms with E-state index in [-0.39, 0.29) is 17.5 Å². The lowest BCUT2D eigenvalue weighted by Crippen LogP contribution is -2.65. The Bertz CT molecular complexity index is 1150. The average Bonchev–Trinajstić information content (AvgIpc) is 3.43. The average molecular weight is 434 g/mol. The van der Waals surface area contributed by atoms with Crippen molar-refractivity contribution in [1.29, 1.82) is 0 Å². The van der Waals surface area contributed by atoms with E-state index < -0.39 is 5.82 Å². The van der Waals surface area contributed by atoms with Gasteiger partial charge in [-0.1, -0.05) is 0 Å². The monoisotopic (exact) mass is 434 g/mol. The second-order valence-electron chi connectivity index (χ2n) is 8.68. The lowest BCUT2D eigenvalue weighted by molar-refractivity contribution is 0.0590. The van der Waals surface area contributed by atoms with Crippen molar-refractivity contribution in [3.63, 3.8) is 0 Å². The molecule has 10 heteroatoms. The summed E-state index contributed by atoms with van der Waals surface area (Å²) < 4.78 is 14.0. The maximum absolute atomic E-state index is 14.0. The molecule has 3 aromatic rings. The van der Waals surface area contributed by atoms with E-state index in [1.807, 2.05) is 6.07 Å². The number of carbonyl (C=O) groups is 1. The van der Waals surface area contributed by atoms with Crippen molar-refractivity contribution in [2.24, 2.45) is 5.92 Å². The molecule has 0 unspecified atom stereocenters. The molecule has 3 fully saturated rings. The Hall–Kier alpha value is -3.56. The van der Waals surface area contributed by atoms with Gasteiger partial charge < -0.3 is 15.1 Å². The van der Waals surface area contributed by atoms with Crippen LogP contribution in [0.2, 0.25) is 0 Å². The highest BCUT2D eigenvalue weighted by Gasteiger charge is 2.44. The normalized spacial score (nSPS) is 22.3. The molecule has 1 N–H and O–H groups in total. The number of halogens is 1. The van der Waals surface area contributed by atoms with Gasteiger partial charge in [-0.3, -0.25) is 4.79 Å². The number of amides is 1. The largest absolute Gasteiger partial charge is 0.367 e. The second kappa shape index (κ2) is 7.54. The Balaban J connectivity index is 1.22. The lowest BCUT2D eigenvalue weighted by Gasteiger charge is -2.54. The van der Waals surface area contributed by atoms with Crippen LogP contribution in [-0.4, -0.2) is 67.5 Å². The number of nitrogens with one attached hydrogen (secondary N) is 1. The molecule has 1 aliphatic carbocycles. The maximum atomic E-state index is 14.0. The lowest BCUT2D eigenvalue weighted by atomic mass is 9.82. The Morgan fingerprint density at radius 1 is 1.06 bits per heavy atom. The fraction of sp³-hybridized carbons (Fsp3) is 0.409. The molecule has 2 atom stereocenters. The van der Waals surface area contributed by atoms with Crippen LogP contribution in [-0.2, 0) is 0 Å². The van der Waals surface area contributed by atoms with E-state index in [4.69, 9.17) is 0 Å². The summed E-state index contributed by atoms with van der Waals surface area (Å²) in [4.78, 5) is 27.6. The second-order valence-corrected chi connectivity index (χ2v) is 8.68. The summed E-state index contributed by atoms with van der Waals surface area (Å²) in [6.45, 7) is 2.14. The van der Waals surface area contributed by atoms with Crippen LogP contribution in [0.15, 0.2) is 43.0 Å². The number of likely N-dealkylation sites (tertiary alicyclic amines) is 1. The highest BCUT2D eigenvalue weighted by Crippen LogP contribution is 2.37. The van der Waals surface area contributed by atoms with E-state index in [9.17, 15) is 9.18 Å². The minimum atomic E-state index is -0.457. The van der Waals surface area contributed by atoms with Gasteiger partial charge in [-0.15, -0.1) is 0 Å². The standard InChI is InChI=1S/C22H23FN8O/c23-15-1-4-18(31-26-6-7-27-31)17(9-15)22(32)29-8-5-14-11-30(19(14)12-29)21-10-20(24-13-25-21)28-16-2-3-16/h1,4,6-7,9-10,13-14,16,19H,2-3,5,8,11-12H2,(H,24,25,28)/t14-,19-/m0/s1. The molecule has 0 spiro atoms. The van der Waals surface area contributed by atoms with Crippen LogP contribution in [0.4, 0.5) is 16.0 Å². The topological polar surface area (TPSA) is 92.1 Å². The molecule has 1 aromatic carbocycles. The molecule has 32 heavy (non-hydrogen) atoms. The van der Waals surface area contributed by atoms with Crippen molar-refractivity contribution < 1.29 is 9.18 Å². The van der Waals surface area contributed by atoms with Gasteiger partial charge in [-0.05, 0) is 37.5 Å². The van der Waals surface area contributed by atoms with Gasteiger partial charge in [0, 0.05) is 37.7 Å². The van der Waals surface area contributed by atoms with Crippen LogP contribution < -0.4 is 10.2 Å². The first-order valence-electron chi connectivity index (χ1n) is 11.0. The molecule has 2 aliphatic heterocycles. The summed E-state index contributed by atoms with van der Waals surface area (Å²) in [5.74, 6) is 1.59. The number of hydrogen-bond acceptors (Lipinski definition) is 7. The first-order valence-corrected chi connectivity index (χ1v) is 11.0. The fourth-order valence-corrected chi connectivity index (χ4v) is 4.63. The molecule has 0 bridgehead atoms. The van der Waals surface area contributed by atoms with Crippen LogP contribution in [0.1, 0.15) is 29.6 Å². The third-order valence-electron chi connectivity index (χ3n) is 6.54. The van der Waals surface area contributed by atoms with Crippen molar-refractivity contribution in [2.45, 2.75) is 31.3 Å². The molecule has 4 heterocycles. The number of nitrogens with zero attached hydrogens (tertiary/aromatic N) is 7. The van der Waals surface area contributed by atoms with Gasteiger partial charge in [-0.2, -0.15) is 15.0 Å².